The average Bonchev–Trinajstić information content (AvgIpc) is 2.58. The molecule has 0 spiro atoms. The number of ether oxygens (including phenoxy) is 1. The number of nitrogens with zero attached hydrogens (tertiary/aromatic N) is 1. The van der Waals surface area contributed by atoms with Crippen LogP contribution in [0.1, 0.15) is 13.3 Å². The lowest BCUT2D eigenvalue weighted by molar-refractivity contribution is 0.340. The third-order valence-electron chi connectivity index (χ3n) is 2.83. The zero-order valence-electron chi connectivity index (χ0n) is 9.91. The van der Waals surface area contributed by atoms with Gasteiger partial charge in [-0.1, -0.05) is 6.07 Å². The molecular formula is C13H20N2O. The van der Waals surface area contributed by atoms with Gasteiger partial charge in [0.2, 0.25) is 0 Å². The number of benzene rings is 1. The van der Waals surface area contributed by atoms with Crippen molar-refractivity contribution in [2.75, 3.05) is 37.7 Å². The minimum atomic E-state index is 0.727. The van der Waals surface area contributed by atoms with Crippen molar-refractivity contribution in [2.24, 2.45) is 0 Å². The highest BCUT2D eigenvalue weighted by molar-refractivity contribution is 5.50. The largest absolute Gasteiger partial charge is 0.494 e. The van der Waals surface area contributed by atoms with Gasteiger partial charge in [0, 0.05) is 31.4 Å². The lowest BCUT2D eigenvalue weighted by atomic mass is 10.2. The molecule has 1 aromatic carbocycles. The standard InChI is InChI=1S/C13H20N2O/c1-2-16-13-6-3-5-12(11-13)15-9-4-7-14-8-10-15/h3,5-6,11,14H,2,4,7-10H2,1H3. The summed E-state index contributed by atoms with van der Waals surface area (Å²) in [5.41, 5.74) is 1.27. The van der Waals surface area contributed by atoms with Crippen LogP contribution >= 0.6 is 0 Å². The SMILES string of the molecule is CCOc1cccc(N2CCCNCC2)c1. The molecule has 3 nitrogen and oxygen atoms in total. The van der Waals surface area contributed by atoms with Crippen LogP contribution in [-0.2, 0) is 0 Å². The van der Waals surface area contributed by atoms with Crippen molar-refractivity contribution in [3.63, 3.8) is 0 Å². The number of hydrogen-bond acceptors (Lipinski definition) is 3. The third-order valence-corrected chi connectivity index (χ3v) is 2.83. The monoisotopic (exact) mass is 220 g/mol. The lowest BCUT2D eigenvalue weighted by Crippen LogP contribution is -2.27. The Labute approximate surface area is 97.4 Å². The number of nitrogens with one attached hydrogen (secondary N) is 1. The van der Waals surface area contributed by atoms with Crippen molar-refractivity contribution < 1.29 is 4.74 Å². The minimum absolute atomic E-state index is 0.727. The normalized spacial score (nSPS) is 16.9. The Morgan fingerprint density at radius 3 is 3.12 bits per heavy atom. The smallest absolute Gasteiger partial charge is 0.121 e. The molecule has 0 bridgehead atoms. The zero-order chi connectivity index (χ0) is 11.2. The molecule has 1 aliphatic heterocycles. The quantitative estimate of drug-likeness (QED) is 0.842. The van der Waals surface area contributed by atoms with E-state index in [9.17, 15) is 0 Å². The minimum Gasteiger partial charge on any atom is -0.494 e. The second-order valence-electron chi connectivity index (χ2n) is 4.02. The Hall–Kier alpha value is -1.22. The average molecular weight is 220 g/mol. The fourth-order valence-corrected chi connectivity index (χ4v) is 2.04. The topological polar surface area (TPSA) is 24.5 Å². The molecule has 1 aromatic rings. The molecule has 3 heteroatoms. The van der Waals surface area contributed by atoms with Crippen molar-refractivity contribution in [3.8, 4) is 5.75 Å². The van der Waals surface area contributed by atoms with Crippen LogP contribution in [0.4, 0.5) is 5.69 Å². The van der Waals surface area contributed by atoms with Crippen LogP contribution in [0.3, 0.4) is 0 Å². The summed E-state index contributed by atoms with van der Waals surface area (Å²) in [5.74, 6) is 0.970. The first-order valence-electron chi connectivity index (χ1n) is 6.08. The summed E-state index contributed by atoms with van der Waals surface area (Å²) in [7, 11) is 0. The van der Waals surface area contributed by atoms with E-state index in [-0.39, 0.29) is 0 Å². The van der Waals surface area contributed by atoms with E-state index in [1.807, 2.05) is 13.0 Å². The van der Waals surface area contributed by atoms with Gasteiger partial charge >= 0.3 is 0 Å². The number of hydrogen-bond donors (Lipinski definition) is 1. The third kappa shape index (κ3) is 2.89. The van der Waals surface area contributed by atoms with Gasteiger partial charge in [-0.3, -0.25) is 0 Å². The highest BCUT2D eigenvalue weighted by atomic mass is 16.5. The molecule has 0 aliphatic carbocycles. The summed E-state index contributed by atoms with van der Waals surface area (Å²) in [4.78, 5) is 2.42. The van der Waals surface area contributed by atoms with E-state index in [0.29, 0.717) is 0 Å². The van der Waals surface area contributed by atoms with E-state index in [1.165, 1.54) is 12.1 Å². The fraction of sp³-hybridized carbons (Fsp3) is 0.538. The van der Waals surface area contributed by atoms with Gasteiger partial charge in [-0.2, -0.15) is 0 Å². The number of anilines is 1. The molecule has 16 heavy (non-hydrogen) atoms. The molecule has 1 aliphatic rings. The van der Waals surface area contributed by atoms with Crippen molar-refractivity contribution in [3.05, 3.63) is 24.3 Å². The maximum atomic E-state index is 5.53. The van der Waals surface area contributed by atoms with Gasteiger partial charge in [-0.25, -0.2) is 0 Å². The molecule has 1 fully saturated rings. The lowest BCUT2D eigenvalue weighted by Gasteiger charge is -2.22. The van der Waals surface area contributed by atoms with Crippen LogP contribution in [-0.4, -0.2) is 32.8 Å². The first kappa shape index (κ1) is 11.3. The molecule has 0 saturated carbocycles. The highest BCUT2D eigenvalue weighted by Gasteiger charge is 2.09. The maximum absolute atomic E-state index is 5.53. The van der Waals surface area contributed by atoms with Gasteiger partial charge in [0.05, 0.1) is 6.61 Å². The summed E-state index contributed by atoms with van der Waals surface area (Å²) >= 11 is 0. The Morgan fingerprint density at radius 1 is 1.31 bits per heavy atom. The predicted octanol–water partition coefficient (Wildman–Crippen LogP) is 1.88. The van der Waals surface area contributed by atoms with Crippen LogP contribution in [0.2, 0.25) is 0 Å². The second kappa shape index (κ2) is 5.75. The molecular weight excluding hydrogens is 200 g/mol. The first-order chi connectivity index (χ1) is 7.90. The molecule has 2 rings (SSSR count). The Bertz CT molecular complexity index is 319. The first-order valence-corrected chi connectivity index (χ1v) is 6.08. The van der Waals surface area contributed by atoms with E-state index in [4.69, 9.17) is 4.74 Å². The van der Waals surface area contributed by atoms with Gasteiger partial charge < -0.3 is 15.0 Å². The summed E-state index contributed by atoms with van der Waals surface area (Å²) in [6.45, 7) is 7.15. The molecule has 1 N–H and O–H groups in total. The van der Waals surface area contributed by atoms with Crippen LogP contribution < -0.4 is 15.0 Å². The van der Waals surface area contributed by atoms with Crippen LogP contribution in [0.5, 0.6) is 5.75 Å². The Kier molecular flexibility index (Phi) is 4.05. The van der Waals surface area contributed by atoms with Gasteiger partial charge in [0.25, 0.3) is 0 Å². The van der Waals surface area contributed by atoms with Gasteiger partial charge in [0.15, 0.2) is 0 Å². The molecule has 1 heterocycles. The molecule has 0 unspecified atom stereocenters. The predicted molar refractivity (Wildman–Crippen MR) is 67.3 cm³/mol. The molecule has 0 radical (unpaired) electrons. The van der Waals surface area contributed by atoms with Crippen LogP contribution in [0.25, 0.3) is 0 Å². The van der Waals surface area contributed by atoms with Gasteiger partial charge in [-0.05, 0) is 32.0 Å². The highest BCUT2D eigenvalue weighted by Crippen LogP contribution is 2.21. The van der Waals surface area contributed by atoms with E-state index in [0.717, 1.165) is 38.5 Å². The summed E-state index contributed by atoms with van der Waals surface area (Å²) < 4.78 is 5.53. The van der Waals surface area contributed by atoms with Crippen LogP contribution in [0, 0.1) is 0 Å². The van der Waals surface area contributed by atoms with Crippen molar-refractivity contribution in [2.45, 2.75) is 13.3 Å². The van der Waals surface area contributed by atoms with Gasteiger partial charge in [-0.15, -0.1) is 0 Å². The Morgan fingerprint density at radius 2 is 2.25 bits per heavy atom. The molecule has 88 valence electrons. The molecule has 0 aromatic heterocycles. The van der Waals surface area contributed by atoms with E-state index in [1.54, 1.807) is 0 Å². The molecule has 0 amide bonds. The molecule has 1 saturated heterocycles. The summed E-state index contributed by atoms with van der Waals surface area (Å²) in [5, 5.41) is 3.41. The maximum Gasteiger partial charge on any atom is 0.121 e. The van der Waals surface area contributed by atoms with Crippen LogP contribution in [0.15, 0.2) is 24.3 Å². The van der Waals surface area contributed by atoms with Crippen molar-refractivity contribution in [1.29, 1.82) is 0 Å². The van der Waals surface area contributed by atoms with Gasteiger partial charge in [0.1, 0.15) is 5.75 Å². The van der Waals surface area contributed by atoms with E-state index >= 15 is 0 Å². The van der Waals surface area contributed by atoms with Crippen molar-refractivity contribution >= 4 is 5.69 Å². The van der Waals surface area contributed by atoms with E-state index in [2.05, 4.69) is 28.4 Å². The Balaban J connectivity index is 2.08. The fourth-order valence-electron chi connectivity index (χ4n) is 2.04. The second-order valence-corrected chi connectivity index (χ2v) is 4.02. The molecule has 0 atom stereocenters. The van der Waals surface area contributed by atoms with E-state index < -0.39 is 0 Å². The summed E-state index contributed by atoms with van der Waals surface area (Å²) in [6.07, 6.45) is 1.21. The number of rotatable bonds is 3. The summed E-state index contributed by atoms with van der Waals surface area (Å²) in [6, 6.07) is 8.38. The van der Waals surface area contributed by atoms with Crippen molar-refractivity contribution in [1.82, 2.24) is 5.32 Å². The zero-order valence-corrected chi connectivity index (χ0v) is 9.91.